The Bertz CT molecular complexity index is 134. The molecular formula is C5H11N3O. The van der Waals surface area contributed by atoms with E-state index in [1.807, 2.05) is 24.0 Å². The number of methoxy groups -OCH3 is 1. The molecule has 0 spiro atoms. The minimum atomic E-state index is 0.678. The van der Waals surface area contributed by atoms with Crippen LogP contribution in [0.5, 0.6) is 0 Å². The van der Waals surface area contributed by atoms with Crippen LogP contribution in [0.25, 0.3) is 0 Å². The third-order valence-corrected chi connectivity index (χ3v) is 1.18. The lowest BCUT2D eigenvalue weighted by Crippen LogP contribution is -2.26. The van der Waals surface area contributed by atoms with Gasteiger partial charge in [-0.2, -0.15) is 0 Å². The normalized spacial score (nSPS) is 18.3. The van der Waals surface area contributed by atoms with E-state index in [-0.39, 0.29) is 0 Å². The summed E-state index contributed by atoms with van der Waals surface area (Å²) in [5.74, 6) is 0. The van der Waals surface area contributed by atoms with Crippen molar-refractivity contribution < 1.29 is 4.74 Å². The van der Waals surface area contributed by atoms with Crippen LogP contribution >= 0.6 is 0 Å². The molecular weight excluding hydrogens is 118 g/mol. The van der Waals surface area contributed by atoms with Crippen LogP contribution < -0.4 is 0 Å². The lowest BCUT2D eigenvalue weighted by molar-refractivity contribution is 0.281. The van der Waals surface area contributed by atoms with Crippen LogP contribution in [0.1, 0.15) is 0 Å². The van der Waals surface area contributed by atoms with Gasteiger partial charge in [0.1, 0.15) is 6.67 Å². The highest BCUT2D eigenvalue weighted by Crippen LogP contribution is 2.01. The van der Waals surface area contributed by atoms with Crippen molar-refractivity contribution in [1.29, 1.82) is 0 Å². The van der Waals surface area contributed by atoms with Crippen molar-refractivity contribution in [3.8, 4) is 0 Å². The van der Waals surface area contributed by atoms with Crippen LogP contribution in [0, 0.1) is 0 Å². The SMILES string of the molecule is COC1=NN(C)CN1C. The fourth-order valence-electron chi connectivity index (χ4n) is 0.818. The zero-order valence-electron chi connectivity index (χ0n) is 5.96. The Hall–Kier alpha value is -0.930. The van der Waals surface area contributed by atoms with Crippen molar-refractivity contribution in [1.82, 2.24) is 9.91 Å². The smallest absolute Gasteiger partial charge is 0.310 e. The highest BCUT2D eigenvalue weighted by molar-refractivity contribution is 5.74. The first-order valence-corrected chi connectivity index (χ1v) is 2.79. The van der Waals surface area contributed by atoms with Gasteiger partial charge >= 0.3 is 6.02 Å². The van der Waals surface area contributed by atoms with E-state index in [1.165, 1.54) is 0 Å². The summed E-state index contributed by atoms with van der Waals surface area (Å²) in [7, 11) is 5.46. The van der Waals surface area contributed by atoms with Crippen molar-refractivity contribution in [2.45, 2.75) is 0 Å². The van der Waals surface area contributed by atoms with Crippen LogP contribution in [0.2, 0.25) is 0 Å². The molecule has 0 aromatic rings. The van der Waals surface area contributed by atoms with Crippen LogP contribution in [0.15, 0.2) is 5.10 Å². The van der Waals surface area contributed by atoms with E-state index in [2.05, 4.69) is 5.10 Å². The van der Waals surface area contributed by atoms with Crippen LogP contribution in [0.3, 0.4) is 0 Å². The molecule has 0 saturated heterocycles. The summed E-state index contributed by atoms with van der Waals surface area (Å²) in [4.78, 5) is 1.93. The number of amidine groups is 1. The lowest BCUT2D eigenvalue weighted by atomic mass is 10.8. The number of rotatable bonds is 0. The van der Waals surface area contributed by atoms with Crippen LogP contribution in [0.4, 0.5) is 0 Å². The first kappa shape index (κ1) is 6.19. The van der Waals surface area contributed by atoms with Crippen LogP contribution in [-0.2, 0) is 4.74 Å². The molecule has 0 aromatic carbocycles. The number of hydrogen-bond donors (Lipinski definition) is 0. The Kier molecular flexibility index (Phi) is 1.46. The molecule has 0 fully saturated rings. The molecule has 0 bridgehead atoms. The van der Waals surface area contributed by atoms with Crippen molar-refractivity contribution in [2.75, 3.05) is 27.9 Å². The minimum absolute atomic E-state index is 0.678. The second kappa shape index (κ2) is 2.13. The molecule has 0 amide bonds. The zero-order valence-corrected chi connectivity index (χ0v) is 5.96. The molecule has 0 aromatic heterocycles. The molecule has 0 saturated carbocycles. The van der Waals surface area contributed by atoms with Gasteiger partial charge < -0.3 is 9.64 Å². The van der Waals surface area contributed by atoms with Gasteiger partial charge in [0, 0.05) is 14.1 Å². The monoisotopic (exact) mass is 129 g/mol. The quantitative estimate of drug-likeness (QED) is 0.451. The summed E-state index contributed by atoms with van der Waals surface area (Å²) in [5, 5.41) is 5.86. The predicted octanol–water partition coefficient (Wildman–Crippen LogP) is -0.262. The Morgan fingerprint density at radius 3 is 2.44 bits per heavy atom. The molecule has 1 aliphatic heterocycles. The van der Waals surface area contributed by atoms with Gasteiger partial charge in [0.05, 0.1) is 7.11 Å². The van der Waals surface area contributed by atoms with Gasteiger partial charge in [-0.1, -0.05) is 0 Å². The van der Waals surface area contributed by atoms with Gasteiger partial charge in [0.2, 0.25) is 0 Å². The molecule has 1 heterocycles. The second-order valence-corrected chi connectivity index (χ2v) is 2.08. The maximum Gasteiger partial charge on any atom is 0.310 e. The molecule has 4 heteroatoms. The molecule has 0 atom stereocenters. The maximum absolute atomic E-state index is 4.93. The second-order valence-electron chi connectivity index (χ2n) is 2.08. The minimum Gasteiger partial charge on any atom is -0.467 e. The first-order valence-electron chi connectivity index (χ1n) is 2.79. The highest BCUT2D eigenvalue weighted by Gasteiger charge is 2.15. The lowest BCUT2D eigenvalue weighted by Gasteiger charge is -2.10. The fourth-order valence-corrected chi connectivity index (χ4v) is 0.818. The van der Waals surface area contributed by atoms with Gasteiger partial charge in [-0.25, -0.2) is 0 Å². The van der Waals surface area contributed by atoms with Gasteiger partial charge in [-0.15, -0.1) is 5.10 Å². The number of nitrogens with zero attached hydrogens (tertiary/aromatic N) is 3. The van der Waals surface area contributed by atoms with E-state index >= 15 is 0 Å². The molecule has 9 heavy (non-hydrogen) atoms. The summed E-state index contributed by atoms with van der Waals surface area (Å²) in [5.41, 5.74) is 0. The Morgan fingerprint density at radius 1 is 1.56 bits per heavy atom. The Balaban J connectivity index is 2.57. The van der Waals surface area contributed by atoms with Crippen LogP contribution in [-0.4, -0.2) is 43.8 Å². The number of hydrazone groups is 1. The average Bonchev–Trinajstić information content (AvgIpc) is 2.10. The van der Waals surface area contributed by atoms with E-state index < -0.39 is 0 Å². The third kappa shape index (κ3) is 1.06. The molecule has 0 unspecified atom stereocenters. The highest BCUT2D eigenvalue weighted by atomic mass is 16.5. The fraction of sp³-hybridized carbons (Fsp3) is 0.800. The molecule has 1 aliphatic rings. The summed E-state index contributed by atoms with van der Waals surface area (Å²) in [6.07, 6.45) is 0. The molecule has 52 valence electrons. The van der Waals surface area contributed by atoms with Gasteiger partial charge in [0.15, 0.2) is 0 Å². The summed E-state index contributed by atoms with van der Waals surface area (Å²) >= 11 is 0. The van der Waals surface area contributed by atoms with Gasteiger partial charge in [-0.05, 0) is 0 Å². The molecule has 0 N–H and O–H groups in total. The van der Waals surface area contributed by atoms with Gasteiger partial charge in [0.25, 0.3) is 0 Å². The first-order chi connectivity index (χ1) is 4.24. The molecule has 1 rings (SSSR count). The van der Waals surface area contributed by atoms with Crippen molar-refractivity contribution >= 4 is 6.02 Å². The topological polar surface area (TPSA) is 28.1 Å². The van der Waals surface area contributed by atoms with E-state index in [1.54, 1.807) is 7.11 Å². The predicted molar refractivity (Wildman–Crippen MR) is 34.8 cm³/mol. The Labute approximate surface area is 54.7 Å². The van der Waals surface area contributed by atoms with E-state index in [0.717, 1.165) is 6.67 Å². The summed E-state index contributed by atoms with van der Waals surface area (Å²) in [6, 6.07) is 0.678. The Morgan fingerprint density at radius 2 is 2.22 bits per heavy atom. The molecule has 0 aliphatic carbocycles. The van der Waals surface area contributed by atoms with E-state index in [0.29, 0.717) is 6.02 Å². The van der Waals surface area contributed by atoms with E-state index in [9.17, 15) is 0 Å². The molecule has 4 nitrogen and oxygen atoms in total. The number of hydrogen-bond acceptors (Lipinski definition) is 4. The van der Waals surface area contributed by atoms with Crippen molar-refractivity contribution in [3.63, 3.8) is 0 Å². The van der Waals surface area contributed by atoms with Crippen molar-refractivity contribution in [2.24, 2.45) is 5.10 Å². The van der Waals surface area contributed by atoms with Crippen molar-refractivity contribution in [3.05, 3.63) is 0 Å². The average molecular weight is 129 g/mol. The largest absolute Gasteiger partial charge is 0.467 e. The molecule has 0 radical (unpaired) electrons. The summed E-state index contributed by atoms with van der Waals surface area (Å²) in [6.45, 7) is 0.809. The standard InChI is InChI=1S/C5H11N3O/c1-7-4-8(2)6-5(7)9-3/h4H2,1-3H3. The third-order valence-electron chi connectivity index (χ3n) is 1.18. The zero-order chi connectivity index (χ0) is 6.85. The summed E-state index contributed by atoms with van der Waals surface area (Å²) < 4.78 is 4.93. The van der Waals surface area contributed by atoms with Gasteiger partial charge in [-0.3, -0.25) is 5.01 Å². The maximum atomic E-state index is 4.93. The van der Waals surface area contributed by atoms with E-state index in [4.69, 9.17) is 4.74 Å². The number of ether oxygens (including phenoxy) is 1.